The van der Waals surface area contributed by atoms with E-state index in [-0.39, 0.29) is 22.8 Å². The lowest BCUT2D eigenvalue weighted by Crippen LogP contribution is -2.32. The molecule has 1 aromatic carbocycles. The predicted molar refractivity (Wildman–Crippen MR) is 104 cm³/mol. The van der Waals surface area contributed by atoms with Crippen molar-refractivity contribution < 1.29 is 44.3 Å². The summed E-state index contributed by atoms with van der Waals surface area (Å²) in [5.41, 5.74) is -3.51. The largest absolute Gasteiger partial charge is 0.439 e. The summed E-state index contributed by atoms with van der Waals surface area (Å²) >= 11 is 3.12. The van der Waals surface area contributed by atoms with Gasteiger partial charge in [0.1, 0.15) is 6.10 Å². The van der Waals surface area contributed by atoms with E-state index >= 15 is 0 Å². The minimum absolute atomic E-state index is 0.0204. The van der Waals surface area contributed by atoms with E-state index in [2.05, 4.69) is 25.9 Å². The summed E-state index contributed by atoms with van der Waals surface area (Å²) in [4.78, 5) is 21.0. The van der Waals surface area contributed by atoms with E-state index in [1.54, 1.807) is 0 Å². The number of sulfone groups is 1. The number of halogens is 7. The van der Waals surface area contributed by atoms with Crippen LogP contribution in [0.3, 0.4) is 0 Å². The lowest BCUT2D eigenvalue weighted by Gasteiger charge is -2.22. The molecule has 1 aromatic heterocycles. The molecule has 0 radical (unpaired) electrons. The number of nitrogens with zero attached hydrogens (tertiary/aromatic N) is 3. The quantitative estimate of drug-likeness (QED) is 0.395. The lowest BCUT2D eigenvalue weighted by molar-refractivity contribution is -0.143. The van der Waals surface area contributed by atoms with Crippen LogP contribution in [0.2, 0.25) is 0 Å². The third kappa shape index (κ3) is 5.39. The van der Waals surface area contributed by atoms with E-state index in [4.69, 9.17) is 4.74 Å². The minimum atomic E-state index is -5.06. The molecule has 0 N–H and O–H groups in total. The van der Waals surface area contributed by atoms with Crippen molar-refractivity contribution in [3.63, 3.8) is 0 Å². The fourth-order valence-corrected chi connectivity index (χ4v) is 3.97. The second kappa shape index (κ2) is 8.42. The Morgan fingerprint density at radius 2 is 1.64 bits per heavy atom. The Morgan fingerprint density at radius 3 is 2.12 bits per heavy atom. The van der Waals surface area contributed by atoms with Crippen LogP contribution in [-0.2, 0) is 33.5 Å². The van der Waals surface area contributed by atoms with Crippen molar-refractivity contribution in [1.29, 1.82) is 0 Å². The summed E-state index contributed by atoms with van der Waals surface area (Å²) in [6.07, 6.45) is -10.6. The standard InChI is InChI=1S/C18H14BrF6N3O4S/c1-8-14(9-3-10(17(20,21)22)5-11(4-9)18(23,24)25)32-16(29)28(8)7-13-12(19)6-26-15(27-13)33(2,30)31/h3-6,8,14H,7H2,1-2H3/t8-,14-/m0/s1. The van der Waals surface area contributed by atoms with Crippen LogP contribution in [0.15, 0.2) is 34.0 Å². The summed E-state index contributed by atoms with van der Waals surface area (Å²) in [5, 5.41) is -0.523. The van der Waals surface area contributed by atoms with E-state index in [9.17, 15) is 39.6 Å². The second-order valence-electron chi connectivity index (χ2n) is 7.23. The average molecular weight is 562 g/mol. The molecule has 0 spiro atoms. The van der Waals surface area contributed by atoms with Gasteiger partial charge in [-0.1, -0.05) is 0 Å². The Balaban J connectivity index is 1.98. The van der Waals surface area contributed by atoms with Gasteiger partial charge in [-0.2, -0.15) is 26.3 Å². The fourth-order valence-electron chi connectivity index (χ4n) is 3.14. The molecule has 1 amide bonds. The number of alkyl halides is 6. The van der Waals surface area contributed by atoms with Gasteiger partial charge in [0.2, 0.25) is 15.0 Å². The molecule has 15 heteroatoms. The van der Waals surface area contributed by atoms with Gasteiger partial charge in [0, 0.05) is 12.5 Å². The predicted octanol–water partition coefficient (Wildman–Crippen LogP) is 4.76. The van der Waals surface area contributed by atoms with Gasteiger partial charge in [0.15, 0.2) is 0 Å². The first-order chi connectivity index (χ1) is 15.0. The molecular formula is C18H14BrF6N3O4S. The van der Waals surface area contributed by atoms with Gasteiger partial charge in [0.05, 0.1) is 33.9 Å². The molecule has 0 saturated carbocycles. The molecule has 7 nitrogen and oxygen atoms in total. The highest BCUT2D eigenvalue weighted by Crippen LogP contribution is 2.41. The van der Waals surface area contributed by atoms with Crippen LogP contribution in [-0.4, -0.2) is 41.7 Å². The van der Waals surface area contributed by atoms with Gasteiger partial charge in [0.25, 0.3) is 0 Å². The van der Waals surface area contributed by atoms with Crippen molar-refractivity contribution in [2.45, 2.75) is 43.1 Å². The molecule has 0 aliphatic carbocycles. The van der Waals surface area contributed by atoms with Crippen LogP contribution in [0, 0.1) is 0 Å². The molecule has 33 heavy (non-hydrogen) atoms. The van der Waals surface area contributed by atoms with Crippen molar-refractivity contribution in [2.75, 3.05) is 6.26 Å². The van der Waals surface area contributed by atoms with Gasteiger partial charge in [-0.25, -0.2) is 23.2 Å². The number of hydrogen-bond acceptors (Lipinski definition) is 6. The average Bonchev–Trinajstić information content (AvgIpc) is 2.95. The minimum Gasteiger partial charge on any atom is -0.439 e. The Kier molecular flexibility index (Phi) is 6.43. The van der Waals surface area contributed by atoms with Crippen LogP contribution in [0.5, 0.6) is 0 Å². The highest BCUT2D eigenvalue weighted by Gasteiger charge is 2.43. The normalized spacial score (nSPS) is 19.7. The Hall–Kier alpha value is -2.42. The van der Waals surface area contributed by atoms with Crippen LogP contribution in [0.1, 0.15) is 35.4 Å². The van der Waals surface area contributed by atoms with E-state index in [1.165, 1.54) is 6.92 Å². The van der Waals surface area contributed by atoms with Gasteiger partial charge in [-0.3, -0.25) is 4.90 Å². The summed E-state index contributed by atoms with van der Waals surface area (Å²) in [5.74, 6) is 0. The smallest absolute Gasteiger partial charge is 0.416 e. The van der Waals surface area contributed by atoms with E-state index in [0.717, 1.165) is 17.4 Å². The molecule has 1 saturated heterocycles. The summed E-state index contributed by atoms with van der Waals surface area (Å²) < 4.78 is 108. The molecule has 2 atom stereocenters. The number of cyclic esters (lactones) is 1. The highest BCUT2D eigenvalue weighted by molar-refractivity contribution is 9.10. The molecule has 1 aliphatic rings. The molecule has 180 valence electrons. The molecule has 1 aliphatic heterocycles. The highest BCUT2D eigenvalue weighted by atomic mass is 79.9. The fraction of sp³-hybridized carbons (Fsp3) is 0.389. The third-order valence-corrected chi connectivity index (χ3v) is 6.30. The first-order valence-corrected chi connectivity index (χ1v) is 11.6. The lowest BCUT2D eigenvalue weighted by atomic mass is 9.97. The van der Waals surface area contributed by atoms with Crippen molar-refractivity contribution in [2.24, 2.45) is 0 Å². The maximum absolute atomic E-state index is 13.2. The monoisotopic (exact) mass is 561 g/mol. The van der Waals surface area contributed by atoms with Crippen LogP contribution < -0.4 is 0 Å². The second-order valence-corrected chi connectivity index (χ2v) is 10.00. The topological polar surface area (TPSA) is 89.5 Å². The number of amides is 1. The Morgan fingerprint density at radius 1 is 1.09 bits per heavy atom. The maximum atomic E-state index is 13.2. The number of rotatable bonds is 4. The number of hydrogen-bond donors (Lipinski definition) is 0. The number of carbonyl (C=O) groups is 1. The van der Waals surface area contributed by atoms with E-state index in [1.807, 2.05) is 0 Å². The molecule has 0 unspecified atom stereocenters. The van der Waals surface area contributed by atoms with Gasteiger partial charge < -0.3 is 4.74 Å². The molecule has 3 rings (SSSR count). The summed E-state index contributed by atoms with van der Waals surface area (Å²) in [7, 11) is -3.78. The summed E-state index contributed by atoms with van der Waals surface area (Å²) in [6.45, 7) is 1.03. The first-order valence-electron chi connectivity index (χ1n) is 8.96. The van der Waals surface area contributed by atoms with Crippen LogP contribution in [0.25, 0.3) is 0 Å². The van der Waals surface area contributed by atoms with Crippen molar-refractivity contribution in [3.8, 4) is 0 Å². The van der Waals surface area contributed by atoms with Gasteiger partial charge in [-0.15, -0.1) is 0 Å². The first kappa shape index (κ1) is 25.2. The van der Waals surface area contributed by atoms with Crippen LogP contribution in [0.4, 0.5) is 31.1 Å². The van der Waals surface area contributed by atoms with E-state index in [0.29, 0.717) is 12.1 Å². The number of aromatic nitrogens is 2. The SMILES string of the molecule is C[C@H]1[C@@H](c2cc(C(F)(F)F)cc(C(F)(F)F)c2)OC(=O)N1Cc1nc(S(C)(=O)=O)ncc1Br. The maximum Gasteiger partial charge on any atom is 0.416 e. The van der Waals surface area contributed by atoms with Gasteiger partial charge in [-0.05, 0) is 46.6 Å². The molecule has 1 fully saturated rings. The Bertz CT molecular complexity index is 1170. The van der Waals surface area contributed by atoms with Crippen molar-refractivity contribution >= 4 is 31.9 Å². The summed E-state index contributed by atoms with van der Waals surface area (Å²) in [6, 6.07) is -0.0379. The third-order valence-electron chi connectivity index (χ3n) is 4.78. The number of carbonyl (C=O) groups excluding carboxylic acids is 1. The Labute approximate surface area is 191 Å². The molecule has 2 aromatic rings. The number of benzene rings is 1. The molecule has 2 heterocycles. The zero-order chi connectivity index (χ0) is 24.9. The van der Waals surface area contributed by atoms with Crippen LogP contribution >= 0.6 is 15.9 Å². The zero-order valence-corrected chi connectivity index (χ0v) is 19.1. The van der Waals surface area contributed by atoms with E-state index < -0.39 is 62.3 Å². The zero-order valence-electron chi connectivity index (χ0n) is 16.7. The molecule has 0 bridgehead atoms. The van der Waals surface area contributed by atoms with Gasteiger partial charge >= 0.3 is 18.4 Å². The number of ether oxygens (including phenoxy) is 1. The van der Waals surface area contributed by atoms with Crippen molar-refractivity contribution in [3.05, 3.63) is 51.3 Å². The molecular weight excluding hydrogens is 548 g/mol. The van der Waals surface area contributed by atoms with Crippen molar-refractivity contribution in [1.82, 2.24) is 14.9 Å².